The van der Waals surface area contributed by atoms with E-state index in [1.807, 2.05) is 0 Å². The average Bonchev–Trinajstić information content (AvgIpc) is 3.79. The van der Waals surface area contributed by atoms with Crippen molar-refractivity contribution >= 4 is 99.5 Å². The number of nitrogens with zero attached hydrogens (tertiary/aromatic N) is 2. The molecule has 0 aliphatic carbocycles. The summed E-state index contributed by atoms with van der Waals surface area (Å²) in [6, 6.07) is 59.1. The molecule has 0 aliphatic rings. The summed E-state index contributed by atoms with van der Waals surface area (Å²) in [5.41, 5.74) is 16.2. The van der Waals surface area contributed by atoms with Crippen LogP contribution in [-0.4, -0.2) is 0 Å². The standard InChI is InChI=1S/C58H48N2O2/c1-35-16-14-17-36(2)55(35)59(43-20-10-8-11-21-43)45-26-24-39-30-47-48-34-52-53(54(58(5,6)7)57(48)62-50(47)32-41(39)28-45)49-31-40-25-27-46(29-42(40)33-51(49)61-52)60(44-22-12-9-13-23-44)56-37(3)18-15-19-38(56)4/h8-34H,1-7H3. The number of aryl methyl sites for hydroxylation is 4. The van der Waals surface area contributed by atoms with Gasteiger partial charge in [0.15, 0.2) is 0 Å². The quantitative estimate of drug-likeness (QED) is 0.168. The number of hydrogen-bond acceptors (Lipinski definition) is 4. The Kier molecular flexibility index (Phi) is 8.59. The van der Waals surface area contributed by atoms with Crippen LogP contribution in [-0.2, 0) is 5.41 Å². The minimum absolute atomic E-state index is 0.239. The first kappa shape index (κ1) is 37.7. The van der Waals surface area contributed by atoms with Crippen molar-refractivity contribution in [3.05, 3.63) is 192 Å². The van der Waals surface area contributed by atoms with E-state index in [0.717, 1.165) is 93.7 Å². The third kappa shape index (κ3) is 6.04. The Hall–Kier alpha value is -7.30. The van der Waals surface area contributed by atoms with Crippen LogP contribution in [0.3, 0.4) is 0 Å². The third-order valence-electron chi connectivity index (χ3n) is 12.7. The second-order valence-corrected chi connectivity index (χ2v) is 18.0. The maximum Gasteiger partial charge on any atom is 0.140 e. The highest BCUT2D eigenvalue weighted by Gasteiger charge is 2.28. The number of furan rings is 2. The van der Waals surface area contributed by atoms with Gasteiger partial charge in [-0.3, -0.25) is 0 Å². The molecule has 0 aliphatic heterocycles. The van der Waals surface area contributed by atoms with Gasteiger partial charge in [0.25, 0.3) is 0 Å². The first-order valence-electron chi connectivity index (χ1n) is 21.6. The fraction of sp³-hybridized carbons (Fsp3) is 0.138. The zero-order valence-electron chi connectivity index (χ0n) is 36.3. The highest BCUT2D eigenvalue weighted by atomic mass is 16.3. The van der Waals surface area contributed by atoms with Crippen LogP contribution in [0.2, 0.25) is 0 Å². The molecular weight excluding hydrogens is 757 g/mol. The van der Waals surface area contributed by atoms with Crippen molar-refractivity contribution in [3.8, 4) is 0 Å². The molecule has 11 rings (SSSR count). The summed E-state index contributed by atoms with van der Waals surface area (Å²) < 4.78 is 13.9. The molecule has 302 valence electrons. The van der Waals surface area contributed by atoms with Crippen molar-refractivity contribution < 1.29 is 8.83 Å². The van der Waals surface area contributed by atoms with Crippen molar-refractivity contribution in [3.63, 3.8) is 0 Å². The van der Waals surface area contributed by atoms with E-state index in [-0.39, 0.29) is 5.41 Å². The molecule has 0 fully saturated rings. The molecule has 0 saturated carbocycles. The number of para-hydroxylation sites is 4. The summed E-state index contributed by atoms with van der Waals surface area (Å²) in [4.78, 5) is 4.75. The first-order valence-corrected chi connectivity index (χ1v) is 21.6. The van der Waals surface area contributed by atoms with E-state index in [9.17, 15) is 0 Å². The lowest BCUT2D eigenvalue weighted by Crippen LogP contribution is -2.12. The van der Waals surface area contributed by atoms with Gasteiger partial charge in [-0.1, -0.05) is 106 Å². The van der Waals surface area contributed by atoms with Gasteiger partial charge in [-0.05, 0) is 156 Å². The van der Waals surface area contributed by atoms with Gasteiger partial charge in [-0.15, -0.1) is 0 Å². The number of hydrogen-bond donors (Lipinski definition) is 0. The lowest BCUT2D eigenvalue weighted by molar-refractivity contribution is 0.577. The third-order valence-corrected chi connectivity index (χ3v) is 12.7. The molecule has 0 radical (unpaired) electrons. The van der Waals surface area contributed by atoms with Crippen LogP contribution in [0, 0.1) is 27.7 Å². The summed E-state index contributed by atoms with van der Waals surface area (Å²) in [7, 11) is 0. The van der Waals surface area contributed by atoms with Gasteiger partial charge in [0.1, 0.15) is 22.3 Å². The number of fused-ring (bicyclic) bond motifs is 8. The van der Waals surface area contributed by atoms with Gasteiger partial charge in [0, 0.05) is 49.9 Å². The van der Waals surface area contributed by atoms with E-state index in [2.05, 4.69) is 222 Å². The minimum atomic E-state index is -0.239. The highest BCUT2D eigenvalue weighted by Crippen LogP contribution is 2.48. The maximum atomic E-state index is 7.02. The molecule has 0 bridgehead atoms. The Balaban J connectivity index is 1.08. The molecule has 9 aromatic carbocycles. The summed E-state index contributed by atoms with van der Waals surface area (Å²) in [5.74, 6) is 0. The van der Waals surface area contributed by atoms with Crippen LogP contribution >= 0.6 is 0 Å². The molecule has 4 heteroatoms. The van der Waals surface area contributed by atoms with Crippen LogP contribution in [0.5, 0.6) is 0 Å². The van der Waals surface area contributed by atoms with Gasteiger partial charge >= 0.3 is 0 Å². The summed E-state index contributed by atoms with van der Waals surface area (Å²) in [6.07, 6.45) is 0. The van der Waals surface area contributed by atoms with Crippen LogP contribution in [0.1, 0.15) is 48.6 Å². The van der Waals surface area contributed by atoms with Gasteiger partial charge in [-0.2, -0.15) is 0 Å². The summed E-state index contributed by atoms with van der Waals surface area (Å²) >= 11 is 0. The molecule has 0 unspecified atom stereocenters. The second-order valence-electron chi connectivity index (χ2n) is 18.0. The molecule has 11 aromatic rings. The topological polar surface area (TPSA) is 32.8 Å². The molecule has 4 nitrogen and oxygen atoms in total. The summed E-state index contributed by atoms with van der Waals surface area (Å²) in [5, 5.41) is 8.95. The van der Waals surface area contributed by atoms with Crippen LogP contribution < -0.4 is 9.80 Å². The molecular formula is C58H48N2O2. The van der Waals surface area contributed by atoms with E-state index >= 15 is 0 Å². The number of rotatable bonds is 6. The zero-order valence-corrected chi connectivity index (χ0v) is 36.3. The fourth-order valence-electron chi connectivity index (χ4n) is 9.90. The normalized spacial score (nSPS) is 12.1. The molecule has 2 heterocycles. The SMILES string of the molecule is Cc1cccc(C)c1N(c1ccccc1)c1ccc2cc3c(cc2c1)oc1c(C(C)(C)C)c2c(cc13)oc1cc3cc(N(c4ccccc4)c4c(C)cccc4C)ccc3cc12. The van der Waals surface area contributed by atoms with Crippen LogP contribution in [0.4, 0.5) is 34.1 Å². The lowest BCUT2D eigenvalue weighted by Gasteiger charge is -2.29. The molecule has 0 amide bonds. The zero-order chi connectivity index (χ0) is 42.4. The summed E-state index contributed by atoms with van der Waals surface area (Å²) in [6.45, 7) is 15.6. The van der Waals surface area contributed by atoms with E-state index in [0.29, 0.717) is 0 Å². The van der Waals surface area contributed by atoms with Crippen molar-refractivity contribution in [1.82, 2.24) is 0 Å². The van der Waals surface area contributed by atoms with Crippen molar-refractivity contribution in [2.45, 2.75) is 53.9 Å². The Labute approximate surface area is 362 Å². The predicted octanol–water partition coefficient (Wildman–Crippen LogP) is 17.3. The lowest BCUT2D eigenvalue weighted by atomic mass is 9.82. The van der Waals surface area contributed by atoms with E-state index < -0.39 is 0 Å². The average molecular weight is 805 g/mol. The van der Waals surface area contributed by atoms with Crippen LogP contribution in [0.15, 0.2) is 173 Å². The van der Waals surface area contributed by atoms with Crippen LogP contribution in [0.25, 0.3) is 65.4 Å². The smallest absolute Gasteiger partial charge is 0.140 e. The largest absolute Gasteiger partial charge is 0.456 e. The highest BCUT2D eigenvalue weighted by molar-refractivity contribution is 6.20. The van der Waals surface area contributed by atoms with Crippen molar-refractivity contribution in [1.29, 1.82) is 0 Å². The fourth-order valence-corrected chi connectivity index (χ4v) is 9.90. The van der Waals surface area contributed by atoms with Gasteiger partial charge in [0.05, 0.1) is 11.4 Å². The predicted molar refractivity (Wildman–Crippen MR) is 263 cm³/mol. The Bertz CT molecular complexity index is 3400. The second kappa shape index (κ2) is 14.1. The van der Waals surface area contributed by atoms with Gasteiger partial charge in [0.2, 0.25) is 0 Å². The van der Waals surface area contributed by atoms with Gasteiger partial charge in [-0.25, -0.2) is 0 Å². The number of benzene rings is 9. The Morgan fingerprint density at radius 2 is 0.839 bits per heavy atom. The molecule has 0 saturated heterocycles. The first-order chi connectivity index (χ1) is 30.0. The van der Waals surface area contributed by atoms with Crippen molar-refractivity contribution in [2.75, 3.05) is 9.80 Å². The molecule has 2 aromatic heterocycles. The monoisotopic (exact) mass is 804 g/mol. The van der Waals surface area contributed by atoms with Gasteiger partial charge < -0.3 is 18.6 Å². The molecule has 0 spiro atoms. The van der Waals surface area contributed by atoms with E-state index in [1.54, 1.807) is 0 Å². The number of anilines is 6. The Morgan fingerprint density at radius 1 is 0.371 bits per heavy atom. The minimum Gasteiger partial charge on any atom is -0.456 e. The molecule has 0 N–H and O–H groups in total. The molecule has 0 atom stereocenters. The Morgan fingerprint density at radius 3 is 1.32 bits per heavy atom. The maximum absolute atomic E-state index is 7.02. The molecule has 62 heavy (non-hydrogen) atoms. The van der Waals surface area contributed by atoms with E-state index in [4.69, 9.17) is 8.83 Å². The van der Waals surface area contributed by atoms with Crippen molar-refractivity contribution in [2.24, 2.45) is 0 Å². The van der Waals surface area contributed by atoms with E-state index in [1.165, 1.54) is 33.6 Å².